The van der Waals surface area contributed by atoms with Gasteiger partial charge in [-0.3, -0.25) is 4.79 Å². The first-order valence-electron chi connectivity index (χ1n) is 9.66. The number of nitrogens with one attached hydrogen (secondary N) is 2. The van der Waals surface area contributed by atoms with E-state index in [-0.39, 0.29) is 23.2 Å². The zero-order valence-corrected chi connectivity index (χ0v) is 17.3. The van der Waals surface area contributed by atoms with Gasteiger partial charge in [-0.05, 0) is 70.4 Å². The Morgan fingerprint density at radius 2 is 2.11 bits per heavy atom. The first kappa shape index (κ1) is 20.3. The van der Waals surface area contributed by atoms with Crippen LogP contribution in [0.1, 0.15) is 48.0 Å². The molecule has 1 aliphatic carbocycles. The Kier molecular flexibility index (Phi) is 5.93. The van der Waals surface area contributed by atoms with E-state index >= 15 is 0 Å². The van der Waals surface area contributed by atoms with Gasteiger partial charge < -0.3 is 15.5 Å². The van der Waals surface area contributed by atoms with Gasteiger partial charge >= 0.3 is 0 Å². The summed E-state index contributed by atoms with van der Waals surface area (Å²) in [5, 5.41) is 6.91. The van der Waals surface area contributed by atoms with Crippen molar-refractivity contribution in [3.63, 3.8) is 0 Å². The molecular weight excluding hydrogens is 362 g/mol. The van der Waals surface area contributed by atoms with Crippen LogP contribution in [0.2, 0.25) is 0 Å². The Labute approximate surface area is 162 Å². The first-order valence-corrected chi connectivity index (χ1v) is 11.7. The second-order valence-electron chi connectivity index (χ2n) is 8.43. The molecule has 1 saturated heterocycles. The van der Waals surface area contributed by atoms with Crippen molar-refractivity contribution in [1.82, 2.24) is 15.5 Å². The Hall–Kier alpha value is -1.44. The third-order valence-electron chi connectivity index (χ3n) is 5.92. The maximum atomic E-state index is 12.9. The van der Waals surface area contributed by atoms with Crippen LogP contribution in [0.5, 0.6) is 0 Å². The monoisotopic (exact) mass is 393 g/mol. The summed E-state index contributed by atoms with van der Waals surface area (Å²) in [5.74, 6) is -0.178. The highest BCUT2D eigenvalue weighted by Gasteiger charge is 2.43. The molecule has 1 aliphatic heterocycles. The van der Waals surface area contributed by atoms with Crippen LogP contribution >= 0.6 is 0 Å². The highest BCUT2D eigenvalue weighted by atomic mass is 32.2. The zero-order valence-electron chi connectivity index (χ0n) is 16.5. The van der Waals surface area contributed by atoms with Crippen LogP contribution < -0.4 is 10.6 Å². The number of amides is 1. The van der Waals surface area contributed by atoms with Crippen molar-refractivity contribution in [3.05, 3.63) is 35.4 Å². The van der Waals surface area contributed by atoms with Gasteiger partial charge in [0.2, 0.25) is 0 Å². The molecular formula is C20H31N3O3S. The summed E-state index contributed by atoms with van der Waals surface area (Å²) < 4.78 is 23.1. The Balaban J connectivity index is 1.75. The molecule has 1 aromatic carbocycles. The van der Waals surface area contributed by atoms with E-state index in [1.165, 1.54) is 19.1 Å². The lowest BCUT2D eigenvalue weighted by molar-refractivity contribution is 0.0809. The summed E-state index contributed by atoms with van der Waals surface area (Å²) >= 11 is 0. The Morgan fingerprint density at radius 1 is 1.33 bits per heavy atom. The average molecular weight is 394 g/mol. The van der Waals surface area contributed by atoms with E-state index in [0.29, 0.717) is 17.2 Å². The van der Waals surface area contributed by atoms with E-state index in [1.807, 2.05) is 0 Å². The summed E-state index contributed by atoms with van der Waals surface area (Å²) in [6.45, 7) is 1.06. The maximum Gasteiger partial charge on any atom is 0.251 e. The molecule has 0 radical (unpaired) electrons. The van der Waals surface area contributed by atoms with Gasteiger partial charge in [0.1, 0.15) is 0 Å². The molecule has 6 nitrogen and oxygen atoms in total. The van der Waals surface area contributed by atoms with E-state index < -0.39 is 9.84 Å². The van der Waals surface area contributed by atoms with Gasteiger partial charge in [-0.25, -0.2) is 8.42 Å². The van der Waals surface area contributed by atoms with Crippen LogP contribution in [0.15, 0.2) is 24.3 Å². The predicted octanol–water partition coefficient (Wildman–Crippen LogP) is 1.57. The van der Waals surface area contributed by atoms with Gasteiger partial charge in [0.15, 0.2) is 9.84 Å². The van der Waals surface area contributed by atoms with Crippen LogP contribution in [-0.2, 0) is 15.6 Å². The standard InChI is InChI=1S/C20H31N3O3S/c1-23(2)18-8-10-20(9-5-11-21-20)13-17(18)22-19(24)16-7-4-6-15(12-16)14-27(3,25)26/h4,6-7,12,17-18,21H,5,8-11,13-14H2,1-3H3,(H,22,24). The summed E-state index contributed by atoms with van der Waals surface area (Å²) in [7, 11) is 1.00. The molecule has 7 heteroatoms. The second-order valence-corrected chi connectivity index (χ2v) is 10.6. The van der Waals surface area contributed by atoms with Crippen LogP contribution in [0.4, 0.5) is 0 Å². The number of hydrogen-bond acceptors (Lipinski definition) is 5. The molecule has 2 fully saturated rings. The molecule has 0 aromatic heterocycles. The van der Waals surface area contributed by atoms with Crippen molar-refractivity contribution in [3.8, 4) is 0 Å². The molecule has 2 aliphatic rings. The topological polar surface area (TPSA) is 78.5 Å². The number of benzene rings is 1. The predicted molar refractivity (Wildman–Crippen MR) is 108 cm³/mol. The van der Waals surface area contributed by atoms with Crippen molar-refractivity contribution in [2.45, 2.75) is 55.5 Å². The van der Waals surface area contributed by atoms with Crippen LogP contribution in [-0.4, -0.2) is 63.7 Å². The lowest BCUT2D eigenvalue weighted by Crippen LogP contribution is -2.59. The second kappa shape index (κ2) is 7.89. The van der Waals surface area contributed by atoms with Gasteiger partial charge in [0, 0.05) is 29.4 Å². The van der Waals surface area contributed by atoms with E-state index in [1.54, 1.807) is 24.3 Å². The number of carbonyl (C=O) groups is 1. The van der Waals surface area contributed by atoms with Gasteiger partial charge in [0.05, 0.1) is 5.75 Å². The molecule has 150 valence electrons. The van der Waals surface area contributed by atoms with Gasteiger partial charge in [-0.2, -0.15) is 0 Å². The minimum atomic E-state index is -3.13. The fourth-order valence-corrected chi connectivity index (χ4v) is 5.45. The summed E-state index contributed by atoms with van der Waals surface area (Å²) in [5.41, 5.74) is 1.32. The van der Waals surface area contributed by atoms with Crippen LogP contribution in [0, 0.1) is 0 Å². The quantitative estimate of drug-likeness (QED) is 0.794. The third-order valence-corrected chi connectivity index (χ3v) is 6.78. The van der Waals surface area contributed by atoms with Gasteiger partial charge in [-0.1, -0.05) is 12.1 Å². The van der Waals surface area contributed by atoms with E-state index in [9.17, 15) is 13.2 Å². The average Bonchev–Trinajstić information content (AvgIpc) is 3.01. The number of rotatable bonds is 5. The molecule has 1 spiro atoms. The van der Waals surface area contributed by atoms with E-state index in [0.717, 1.165) is 25.8 Å². The number of likely N-dealkylation sites (N-methyl/N-ethyl adjacent to an activating group) is 1. The van der Waals surface area contributed by atoms with E-state index in [2.05, 4.69) is 29.6 Å². The SMILES string of the molecule is CN(C)C1CCC2(CCCN2)CC1NC(=O)c1cccc(CS(C)(=O)=O)c1. The zero-order chi connectivity index (χ0) is 19.7. The molecule has 1 saturated carbocycles. The fourth-order valence-electron chi connectivity index (χ4n) is 4.66. The van der Waals surface area contributed by atoms with Crippen molar-refractivity contribution in [2.75, 3.05) is 26.9 Å². The molecule has 1 heterocycles. The fraction of sp³-hybridized carbons (Fsp3) is 0.650. The van der Waals surface area contributed by atoms with Gasteiger partial charge in [0.25, 0.3) is 5.91 Å². The molecule has 3 rings (SSSR count). The van der Waals surface area contributed by atoms with Gasteiger partial charge in [-0.15, -0.1) is 0 Å². The minimum Gasteiger partial charge on any atom is -0.348 e. The number of carbonyl (C=O) groups excluding carboxylic acids is 1. The molecule has 3 unspecified atom stereocenters. The summed E-state index contributed by atoms with van der Waals surface area (Å²) in [4.78, 5) is 15.1. The smallest absolute Gasteiger partial charge is 0.251 e. The Bertz CT molecular complexity index is 785. The summed E-state index contributed by atoms with van der Waals surface area (Å²) in [6, 6.07) is 7.32. The highest BCUT2D eigenvalue weighted by molar-refractivity contribution is 7.89. The lowest BCUT2D eigenvalue weighted by atomic mass is 9.75. The van der Waals surface area contributed by atoms with Crippen molar-refractivity contribution in [1.29, 1.82) is 0 Å². The number of hydrogen-bond donors (Lipinski definition) is 2. The number of sulfone groups is 1. The molecule has 1 aromatic rings. The lowest BCUT2D eigenvalue weighted by Gasteiger charge is -2.45. The van der Waals surface area contributed by atoms with Crippen molar-refractivity contribution < 1.29 is 13.2 Å². The van der Waals surface area contributed by atoms with Crippen LogP contribution in [0.25, 0.3) is 0 Å². The Morgan fingerprint density at radius 3 is 2.74 bits per heavy atom. The third kappa shape index (κ3) is 5.09. The molecule has 3 atom stereocenters. The molecule has 1 amide bonds. The maximum absolute atomic E-state index is 12.9. The van der Waals surface area contributed by atoms with Crippen LogP contribution in [0.3, 0.4) is 0 Å². The first-order chi connectivity index (χ1) is 12.7. The normalized spacial score (nSPS) is 28.6. The summed E-state index contributed by atoms with van der Waals surface area (Å²) in [6.07, 6.45) is 6.71. The van der Waals surface area contributed by atoms with Crippen molar-refractivity contribution >= 4 is 15.7 Å². The molecule has 0 bridgehead atoms. The molecule has 2 N–H and O–H groups in total. The largest absolute Gasteiger partial charge is 0.348 e. The minimum absolute atomic E-state index is 0.0507. The van der Waals surface area contributed by atoms with E-state index in [4.69, 9.17) is 0 Å². The molecule has 27 heavy (non-hydrogen) atoms. The number of nitrogens with zero attached hydrogens (tertiary/aromatic N) is 1. The highest BCUT2D eigenvalue weighted by Crippen LogP contribution is 2.36. The van der Waals surface area contributed by atoms with Crippen molar-refractivity contribution in [2.24, 2.45) is 0 Å².